The van der Waals surface area contributed by atoms with E-state index in [2.05, 4.69) is 9.47 Å². The molecule has 11 heavy (non-hydrogen) atoms. The molecule has 0 atom stereocenters. The Balaban J connectivity index is 3.23. The Hall–Kier alpha value is 0.140. The first-order valence-corrected chi connectivity index (χ1v) is 4.21. The summed E-state index contributed by atoms with van der Waals surface area (Å²) in [6.07, 6.45) is -0.808. The molecule has 0 bridgehead atoms. The Kier molecular flexibility index (Phi) is 6.91. The van der Waals surface area contributed by atoms with Crippen LogP contribution in [0.1, 0.15) is 0 Å². The van der Waals surface area contributed by atoms with Crippen molar-refractivity contribution in [2.45, 2.75) is 4.84 Å². The average Bonchev–Trinajstić information content (AvgIpc) is 1.97. The molecule has 0 aromatic rings. The van der Waals surface area contributed by atoms with Gasteiger partial charge in [0.05, 0.1) is 5.88 Å². The second kappa shape index (κ2) is 6.83. The summed E-state index contributed by atoms with van der Waals surface area (Å²) in [4.78, 5) is 9.76. The number of rotatable bonds is 4. The third-order valence-corrected chi connectivity index (χ3v) is 1.03. The summed E-state index contributed by atoms with van der Waals surface area (Å²) < 4.78 is 8.85. The van der Waals surface area contributed by atoms with Gasteiger partial charge < -0.3 is 9.47 Å². The summed E-state index contributed by atoms with van der Waals surface area (Å²) in [7, 11) is 0. The maximum atomic E-state index is 10.5. The fourth-order valence-corrected chi connectivity index (χ4v) is 0.498. The number of alkyl halides is 3. The van der Waals surface area contributed by atoms with Gasteiger partial charge in [0.15, 0.2) is 0 Å². The molecule has 0 aliphatic heterocycles. The van der Waals surface area contributed by atoms with E-state index >= 15 is 0 Å². The van der Waals surface area contributed by atoms with Gasteiger partial charge in [-0.1, -0.05) is 0 Å². The van der Waals surface area contributed by atoms with E-state index in [4.69, 9.17) is 34.8 Å². The highest BCUT2D eigenvalue weighted by Gasteiger charge is 2.05. The normalized spacial score (nSPS) is 9.82. The maximum absolute atomic E-state index is 10.5. The van der Waals surface area contributed by atoms with E-state index < -0.39 is 11.0 Å². The molecule has 0 N–H and O–H groups in total. The molecule has 6 heteroatoms. The zero-order valence-corrected chi connectivity index (χ0v) is 7.83. The lowest BCUT2D eigenvalue weighted by Gasteiger charge is -2.04. The predicted molar refractivity (Wildman–Crippen MR) is 43.5 cm³/mol. The third kappa shape index (κ3) is 8.04. The van der Waals surface area contributed by atoms with Crippen LogP contribution >= 0.6 is 34.8 Å². The molecule has 3 nitrogen and oxygen atoms in total. The lowest BCUT2D eigenvalue weighted by atomic mass is 10.8. The van der Waals surface area contributed by atoms with E-state index in [1.165, 1.54) is 0 Å². The van der Waals surface area contributed by atoms with Crippen LogP contribution in [0.5, 0.6) is 0 Å². The zero-order valence-electron chi connectivity index (χ0n) is 5.56. The molecular formula is C5H7Cl3O3. The number of ether oxygens (including phenoxy) is 2. The Morgan fingerprint density at radius 1 is 1.36 bits per heavy atom. The quantitative estimate of drug-likeness (QED) is 0.539. The molecule has 0 aromatic heterocycles. The largest absolute Gasteiger partial charge is 0.508 e. The Morgan fingerprint density at radius 2 is 2.00 bits per heavy atom. The molecule has 0 saturated heterocycles. The van der Waals surface area contributed by atoms with Gasteiger partial charge in [0.25, 0.3) is 0 Å². The van der Waals surface area contributed by atoms with E-state index in [9.17, 15) is 4.79 Å². The molecule has 0 radical (unpaired) electrons. The molecule has 0 spiro atoms. The number of hydrogen-bond acceptors (Lipinski definition) is 3. The van der Waals surface area contributed by atoms with E-state index in [1.54, 1.807) is 0 Å². The van der Waals surface area contributed by atoms with Gasteiger partial charge in [0.1, 0.15) is 18.1 Å². The first-order valence-electron chi connectivity index (χ1n) is 2.80. The van der Waals surface area contributed by atoms with Crippen LogP contribution < -0.4 is 0 Å². The minimum atomic E-state index is -0.808. The molecular weight excluding hydrogens is 214 g/mol. The molecule has 0 aliphatic carbocycles. The van der Waals surface area contributed by atoms with Crippen molar-refractivity contribution in [2.75, 3.05) is 19.1 Å². The number of carbonyl (C=O) groups is 1. The first kappa shape index (κ1) is 11.1. The Morgan fingerprint density at radius 3 is 2.45 bits per heavy atom. The van der Waals surface area contributed by atoms with Crippen LogP contribution in [0, 0.1) is 0 Å². The smallest absolute Gasteiger partial charge is 0.433 e. The molecule has 66 valence electrons. The van der Waals surface area contributed by atoms with Gasteiger partial charge in [0.2, 0.25) is 0 Å². The van der Waals surface area contributed by atoms with Crippen molar-refractivity contribution in [3.63, 3.8) is 0 Å². The molecule has 0 aromatic carbocycles. The van der Waals surface area contributed by atoms with Crippen LogP contribution in [-0.4, -0.2) is 30.1 Å². The van der Waals surface area contributed by atoms with Gasteiger partial charge in [-0.15, -0.1) is 34.8 Å². The Bertz CT molecular complexity index is 118. The summed E-state index contributed by atoms with van der Waals surface area (Å²) in [5.74, 6) is 0.236. The van der Waals surface area contributed by atoms with Crippen molar-refractivity contribution in [1.82, 2.24) is 0 Å². The molecule has 0 fully saturated rings. The van der Waals surface area contributed by atoms with E-state index in [-0.39, 0.29) is 19.1 Å². The van der Waals surface area contributed by atoms with Crippen LogP contribution in [0.3, 0.4) is 0 Å². The average molecular weight is 221 g/mol. The van der Waals surface area contributed by atoms with Crippen molar-refractivity contribution < 1.29 is 14.3 Å². The standard InChI is InChI=1S/C5H7Cl3O3/c6-1-2-10-5(9)11-3-4(7)8/h4H,1-3H2. The van der Waals surface area contributed by atoms with Crippen molar-refractivity contribution in [3.05, 3.63) is 0 Å². The second-order valence-electron chi connectivity index (χ2n) is 1.49. The van der Waals surface area contributed by atoms with Crippen molar-refractivity contribution in [1.29, 1.82) is 0 Å². The van der Waals surface area contributed by atoms with E-state index in [0.29, 0.717) is 0 Å². The third-order valence-electron chi connectivity index (χ3n) is 0.624. The zero-order chi connectivity index (χ0) is 8.69. The fraction of sp³-hybridized carbons (Fsp3) is 0.800. The monoisotopic (exact) mass is 220 g/mol. The van der Waals surface area contributed by atoms with Crippen molar-refractivity contribution in [2.24, 2.45) is 0 Å². The molecule has 0 saturated carbocycles. The summed E-state index contributed by atoms with van der Waals surface area (Å²) >= 11 is 15.7. The number of halogens is 3. The summed E-state index contributed by atoms with van der Waals surface area (Å²) in [6, 6.07) is 0. The predicted octanol–water partition coefficient (Wildman–Crippen LogP) is 2.18. The van der Waals surface area contributed by atoms with Crippen LogP contribution in [-0.2, 0) is 9.47 Å². The minimum absolute atomic E-state index is 0.0791. The highest BCUT2D eigenvalue weighted by Crippen LogP contribution is 2.01. The Labute approximate surface area is 79.5 Å². The van der Waals surface area contributed by atoms with Crippen molar-refractivity contribution in [3.8, 4) is 0 Å². The molecule has 0 unspecified atom stereocenters. The maximum Gasteiger partial charge on any atom is 0.508 e. The first-order chi connectivity index (χ1) is 5.16. The summed E-state index contributed by atoms with van der Waals surface area (Å²) in [6.45, 7) is 0.0415. The van der Waals surface area contributed by atoms with Crippen LogP contribution in [0.25, 0.3) is 0 Å². The van der Waals surface area contributed by atoms with Gasteiger partial charge in [-0.25, -0.2) is 4.79 Å². The van der Waals surface area contributed by atoms with Crippen LogP contribution in [0.4, 0.5) is 4.79 Å². The SMILES string of the molecule is O=C(OCCCl)OCC(Cl)Cl. The highest BCUT2D eigenvalue weighted by molar-refractivity contribution is 6.44. The fourth-order valence-electron chi connectivity index (χ4n) is 0.295. The summed E-state index contributed by atoms with van der Waals surface area (Å²) in [5.41, 5.74) is 0. The highest BCUT2D eigenvalue weighted by atomic mass is 35.5. The van der Waals surface area contributed by atoms with E-state index in [0.717, 1.165) is 0 Å². The van der Waals surface area contributed by atoms with E-state index in [1.807, 2.05) is 0 Å². The number of hydrogen-bond donors (Lipinski definition) is 0. The van der Waals surface area contributed by atoms with Gasteiger partial charge in [0, 0.05) is 0 Å². The van der Waals surface area contributed by atoms with Gasteiger partial charge in [-0.3, -0.25) is 0 Å². The lowest BCUT2D eigenvalue weighted by Crippen LogP contribution is -2.12. The molecule has 0 aliphatic rings. The van der Waals surface area contributed by atoms with Gasteiger partial charge in [-0.2, -0.15) is 0 Å². The second-order valence-corrected chi connectivity index (χ2v) is 3.14. The van der Waals surface area contributed by atoms with Crippen LogP contribution in [0.15, 0.2) is 0 Å². The topological polar surface area (TPSA) is 35.5 Å². The molecule has 0 rings (SSSR count). The van der Waals surface area contributed by atoms with Gasteiger partial charge in [-0.05, 0) is 0 Å². The minimum Gasteiger partial charge on any atom is -0.433 e. The summed E-state index contributed by atoms with van der Waals surface area (Å²) in [5, 5.41) is 0. The molecule has 0 amide bonds. The molecule has 0 heterocycles. The van der Waals surface area contributed by atoms with Crippen molar-refractivity contribution >= 4 is 41.0 Å². The van der Waals surface area contributed by atoms with Crippen LogP contribution in [0.2, 0.25) is 0 Å². The lowest BCUT2D eigenvalue weighted by molar-refractivity contribution is 0.0626. The number of carbonyl (C=O) groups excluding carboxylic acids is 1. The van der Waals surface area contributed by atoms with Gasteiger partial charge >= 0.3 is 6.16 Å².